The van der Waals surface area contributed by atoms with Gasteiger partial charge in [-0.3, -0.25) is 0 Å². The van der Waals surface area contributed by atoms with Crippen LogP contribution in [0.15, 0.2) is 81.4 Å². The van der Waals surface area contributed by atoms with E-state index in [1.807, 2.05) is 40.9 Å². The molecular weight excluding hydrogens is 469 g/mol. The molecule has 0 radical (unpaired) electrons. The van der Waals surface area contributed by atoms with Crippen LogP contribution in [-0.4, -0.2) is 42.1 Å². The van der Waals surface area contributed by atoms with Crippen LogP contribution in [0.2, 0.25) is 0 Å². The monoisotopic (exact) mass is 483 g/mol. The molecule has 2 aliphatic heterocycles. The minimum absolute atomic E-state index is 0. The van der Waals surface area contributed by atoms with Crippen molar-refractivity contribution in [2.45, 2.75) is 0 Å². The Labute approximate surface area is 173 Å². The minimum atomic E-state index is -0.691. The van der Waals surface area contributed by atoms with Crippen LogP contribution in [0.25, 0.3) is 0 Å². The van der Waals surface area contributed by atoms with Crippen LogP contribution in [0.4, 0.5) is 11.4 Å². The number of nitro groups is 1. The standard InChI is InChI=1S/C18H14N5O2.ClH.In/c1-3-15(4-2)21-19-18(14-8-6-5-7-9-14)20-22(21)16-10-12-17(13-11-16)23(24)25;;/h1-13H,(H,19,20);1H;. The second kappa shape index (κ2) is 8.51. The summed E-state index contributed by atoms with van der Waals surface area (Å²) in [5.41, 5.74) is 4.85. The van der Waals surface area contributed by atoms with Crippen molar-refractivity contribution in [1.82, 2.24) is 5.12 Å². The summed E-state index contributed by atoms with van der Waals surface area (Å²) in [4.78, 5) is 10.5. The van der Waals surface area contributed by atoms with E-state index in [9.17, 15) is 10.1 Å². The summed E-state index contributed by atoms with van der Waals surface area (Å²) in [5.74, 6) is 0.838. The largest absolute Gasteiger partial charge is 1.00 e. The molecule has 0 aliphatic carbocycles. The Morgan fingerprint density at radius 1 is 1.07 bits per heavy atom. The van der Waals surface area contributed by atoms with E-state index in [2.05, 4.69) is 19.7 Å². The average Bonchev–Trinajstić information content (AvgIpc) is 3.15. The number of non-ortho nitro benzene ring substituents is 1. The van der Waals surface area contributed by atoms with Crippen molar-refractivity contribution >= 4 is 43.4 Å². The SMILES string of the molecule is O=[N+]([O-])c1ccc(N2N=C(c3ccccc3)[NH2+]N2C2=C[CH]=[In][CH]=C2)cc1.[Cl-]. The molecule has 0 fully saturated rings. The third-order valence-electron chi connectivity index (χ3n) is 4.03. The van der Waals surface area contributed by atoms with Crippen LogP contribution in [0.5, 0.6) is 0 Å². The molecule has 0 bridgehead atoms. The molecule has 0 saturated heterocycles. The number of benzene rings is 2. The molecule has 2 aliphatic rings. The van der Waals surface area contributed by atoms with Gasteiger partial charge in [-0.15, -0.1) is 0 Å². The maximum atomic E-state index is 10.9. The van der Waals surface area contributed by atoms with Gasteiger partial charge in [-0.2, -0.15) is 0 Å². The summed E-state index contributed by atoms with van der Waals surface area (Å²) >= 11 is -0.691. The fraction of sp³-hybridized carbons (Fsp3) is 0. The van der Waals surface area contributed by atoms with Crippen molar-refractivity contribution in [1.29, 1.82) is 0 Å². The molecule has 7 nitrogen and oxygen atoms in total. The van der Waals surface area contributed by atoms with E-state index in [0.717, 1.165) is 22.8 Å². The summed E-state index contributed by atoms with van der Waals surface area (Å²) in [6.45, 7) is 0. The van der Waals surface area contributed by atoms with Crippen molar-refractivity contribution in [3.05, 3.63) is 92.0 Å². The van der Waals surface area contributed by atoms with Crippen LogP contribution >= 0.6 is 0 Å². The number of hydrogen-bond acceptors (Lipinski definition) is 5. The summed E-state index contributed by atoms with van der Waals surface area (Å²) in [6, 6.07) is 16.4. The van der Waals surface area contributed by atoms with Crippen LogP contribution in [0.3, 0.4) is 0 Å². The second-order valence-electron chi connectivity index (χ2n) is 5.72. The Morgan fingerprint density at radius 2 is 1.81 bits per heavy atom. The van der Waals surface area contributed by atoms with E-state index in [1.165, 1.54) is 12.1 Å². The molecule has 9 heteroatoms. The summed E-state index contributed by atoms with van der Waals surface area (Å²) < 4.78 is 4.54. The van der Waals surface area contributed by atoms with Gasteiger partial charge in [0.25, 0.3) is 0 Å². The Balaban J connectivity index is 0.00000210. The summed E-state index contributed by atoms with van der Waals surface area (Å²) in [5, 5.41) is 19.4. The second-order valence-corrected chi connectivity index (χ2v) is 9.02. The van der Waals surface area contributed by atoms with Gasteiger partial charge in [-0.05, 0) is 0 Å². The van der Waals surface area contributed by atoms with Crippen molar-refractivity contribution in [3.8, 4) is 0 Å². The van der Waals surface area contributed by atoms with E-state index < -0.39 is 27.3 Å². The van der Waals surface area contributed by atoms with Gasteiger partial charge < -0.3 is 12.4 Å². The Bertz CT molecular complexity index is 957. The van der Waals surface area contributed by atoms with Crippen LogP contribution in [-0.2, 0) is 0 Å². The zero-order valence-electron chi connectivity index (χ0n) is 14.1. The zero-order chi connectivity index (χ0) is 17.9. The number of halogens is 1. The van der Waals surface area contributed by atoms with Gasteiger partial charge in [0.1, 0.15) is 0 Å². The van der Waals surface area contributed by atoms with Crippen molar-refractivity contribution < 1.29 is 22.8 Å². The van der Waals surface area contributed by atoms with Gasteiger partial charge >= 0.3 is 161 Å². The first-order valence-electron chi connectivity index (χ1n) is 8.10. The Kier molecular flexibility index (Phi) is 6.10. The fourth-order valence-corrected chi connectivity index (χ4v) is 4.87. The molecular formula is C18H15ClInN5O2. The Hall–Kier alpha value is -2.42. The van der Waals surface area contributed by atoms with Crippen LogP contribution < -0.4 is 23.0 Å². The normalized spacial score (nSPS) is 15.0. The first kappa shape index (κ1) is 19.3. The number of anilines is 1. The quantitative estimate of drug-likeness (QED) is 0.323. The van der Waals surface area contributed by atoms with E-state index in [4.69, 9.17) is 5.10 Å². The van der Waals surface area contributed by atoms with Gasteiger partial charge in [-0.25, -0.2) is 0 Å². The van der Waals surface area contributed by atoms with Gasteiger partial charge in [0.15, 0.2) is 0 Å². The van der Waals surface area contributed by atoms with E-state index in [0.29, 0.717) is 0 Å². The van der Waals surface area contributed by atoms with Crippen LogP contribution in [0, 0.1) is 10.1 Å². The molecule has 2 aromatic carbocycles. The summed E-state index contributed by atoms with van der Waals surface area (Å²) in [7, 11) is 0. The number of hydrogen-bond donors (Lipinski definition) is 1. The molecule has 0 unspecified atom stereocenters. The molecule has 134 valence electrons. The topological polar surface area (TPSA) is 78.6 Å². The molecule has 0 aromatic heterocycles. The zero-order valence-corrected chi connectivity index (χ0v) is 18.2. The number of rotatable bonds is 4. The van der Waals surface area contributed by atoms with Gasteiger partial charge in [-0.1, -0.05) is 0 Å². The molecule has 4 rings (SSSR count). The van der Waals surface area contributed by atoms with E-state index >= 15 is 0 Å². The van der Waals surface area contributed by atoms with Crippen molar-refractivity contribution in [2.75, 3.05) is 5.12 Å². The number of nitro benzene ring substituents is 1. The third kappa shape index (κ3) is 4.13. The minimum Gasteiger partial charge on any atom is -1.00 e. The maximum absolute atomic E-state index is 10.9. The first-order valence-corrected chi connectivity index (χ1v) is 11.9. The predicted octanol–water partition coefficient (Wildman–Crippen LogP) is -1.61. The maximum Gasteiger partial charge on any atom is -1.00 e. The predicted molar refractivity (Wildman–Crippen MR) is 101 cm³/mol. The number of hydrazone groups is 1. The Morgan fingerprint density at radius 3 is 2.44 bits per heavy atom. The molecule has 2 aromatic rings. The smallest absolute Gasteiger partial charge is 1.00 e. The average molecular weight is 484 g/mol. The molecule has 2 N–H and O–H groups in total. The number of nitrogens with two attached hydrogens (primary N) is 1. The van der Waals surface area contributed by atoms with Gasteiger partial charge in [0.2, 0.25) is 0 Å². The number of allylic oxidation sites excluding steroid dienone is 2. The van der Waals surface area contributed by atoms with Gasteiger partial charge in [0, 0.05) is 0 Å². The summed E-state index contributed by atoms with van der Waals surface area (Å²) in [6.07, 6.45) is 4.25. The molecule has 0 atom stereocenters. The third-order valence-corrected chi connectivity index (χ3v) is 6.40. The number of nitrogens with zero attached hydrogens (tertiary/aromatic N) is 4. The first-order chi connectivity index (χ1) is 12.7. The van der Waals surface area contributed by atoms with Crippen LogP contribution in [0.1, 0.15) is 5.56 Å². The number of hydrazine groups is 1. The molecule has 0 amide bonds. The van der Waals surface area contributed by atoms with Crippen molar-refractivity contribution in [2.24, 2.45) is 5.10 Å². The molecule has 2 heterocycles. The molecule has 0 spiro atoms. The number of quaternary nitrogens is 1. The molecule has 0 saturated carbocycles. The van der Waals surface area contributed by atoms with E-state index in [1.54, 1.807) is 17.3 Å². The fourth-order valence-electron chi connectivity index (χ4n) is 2.74. The van der Waals surface area contributed by atoms with Crippen molar-refractivity contribution in [3.63, 3.8) is 0 Å². The van der Waals surface area contributed by atoms with E-state index in [-0.39, 0.29) is 18.1 Å². The van der Waals surface area contributed by atoms with Gasteiger partial charge in [0.05, 0.1) is 0 Å². The number of amidine groups is 1. The molecule has 27 heavy (non-hydrogen) atoms.